The van der Waals surface area contributed by atoms with Gasteiger partial charge in [0.1, 0.15) is 5.75 Å². The SMILES string of the molecule is COc1cc2c(cc1-c1ccc(I)cc1)NC(=O)CC(c1cccc(-n3ccnc3)c1)=N2. The van der Waals surface area contributed by atoms with Crippen molar-refractivity contribution in [1.29, 1.82) is 0 Å². The molecule has 3 aromatic carbocycles. The third kappa shape index (κ3) is 4.03. The number of amides is 1. The first-order valence-electron chi connectivity index (χ1n) is 10.0. The molecular weight excluding hydrogens is 515 g/mol. The van der Waals surface area contributed by atoms with Gasteiger partial charge in [0.05, 0.1) is 36.9 Å². The van der Waals surface area contributed by atoms with E-state index < -0.39 is 0 Å². The van der Waals surface area contributed by atoms with Gasteiger partial charge in [-0.25, -0.2) is 9.98 Å². The first kappa shape index (κ1) is 20.4. The van der Waals surface area contributed by atoms with E-state index in [1.807, 2.05) is 71.4 Å². The van der Waals surface area contributed by atoms with Gasteiger partial charge in [-0.05, 0) is 64.0 Å². The first-order valence-corrected chi connectivity index (χ1v) is 11.1. The third-order valence-corrected chi connectivity index (χ3v) is 6.03. The number of methoxy groups -OCH3 is 1. The molecule has 4 aromatic rings. The molecule has 1 N–H and O–H groups in total. The topological polar surface area (TPSA) is 68.5 Å². The lowest BCUT2D eigenvalue weighted by atomic mass is 10.0. The molecule has 158 valence electrons. The third-order valence-electron chi connectivity index (χ3n) is 5.31. The highest BCUT2D eigenvalue weighted by Gasteiger charge is 2.20. The fourth-order valence-corrected chi connectivity index (χ4v) is 4.10. The lowest BCUT2D eigenvalue weighted by Gasteiger charge is -2.13. The van der Waals surface area contributed by atoms with Crippen LogP contribution in [-0.2, 0) is 4.79 Å². The maximum atomic E-state index is 12.8. The van der Waals surface area contributed by atoms with E-state index in [4.69, 9.17) is 9.73 Å². The van der Waals surface area contributed by atoms with Gasteiger partial charge in [0.25, 0.3) is 0 Å². The number of fused-ring (bicyclic) bond motifs is 1. The van der Waals surface area contributed by atoms with Crippen molar-refractivity contribution in [3.63, 3.8) is 0 Å². The molecule has 1 aliphatic heterocycles. The van der Waals surface area contributed by atoms with E-state index in [-0.39, 0.29) is 12.3 Å². The largest absolute Gasteiger partial charge is 0.496 e. The zero-order chi connectivity index (χ0) is 22.1. The standard InChI is InChI=1S/C25H19IN4O2/c1-32-24-13-23-22(12-20(24)16-5-7-18(26)8-6-16)29-25(31)14-21(28-23)17-3-2-4-19(11-17)30-10-9-27-15-30/h2-13,15H,14H2,1H3,(H,29,31). The molecule has 0 atom stereocenters. The Bertz CT molecular complexity index is 1330. The lowest BCUT2D eigenvalue weighted by Crippen LogP contribution is -2.15. The molecule has 0 bridgehead atoms. The van der Waals surface area contributed by atoms with Gasteiger partial charge in [-0.2, -0.15) is 0 Å². The van der Waals surface area contributed by atoms with Gasteiger partial charge in [-0.15, -0.1) is 0 Å². The molecule has 0 saturated carbocycles. The molecule has 1 amide bonds. The van der Waals surface area contributed by atoms with Crippen LogP contribution in [0.5, 0.6) is 5.75 Å². The Morgan fingerprint density at radius 3 is 2.66 bits per heavy atom. The normalized spacial score (nSPS) is 13.1. The van der Waals surface area contributed by atoms with Crippen molar-refractivity contribution in [2.75, 3.05) is 12.4 Å². The minimum atomic E-state index is -0.103. The number of hydrogen-bond donors (Lipinski definition) is 1. The van der Waals surface area contributed by atoms with Gasteiger partial charge >= 0.3 is 0 Å². The smallest absolute Gasteiger partial charge is 0.230 e. The second-order valence-corrected chi connectivity index (χ2v) is 8.63. The number of ether oxygens (including phenoxy) is 1. The highest BCUT2D eigenvalue weighted by atomic mass is 127. The second-order valence-electron chi connectivity index (χ2n) is 7.38. The first-order chi connectivity index (χ1) is 15.6. The van der Waals surface area contributed by atoms with Crippen LogP contribution in [0.15, 0.2) is 84.4 Å². The number of benzene rings is 3. The predicted octanol–water partition coefficient (Wildman–Crippen LogP) is 5.62. The number of rotatable bonds is 4. The van der Waals surface area contributed by atoms with Crippen molar-refractivity contribution in [3.8, 4) is 22.6 Å². The number of nitrogens with one attached hydrogen (secondary N) is 1. The van der Waals surface area contributed by atoms with Crippen molar-refractivity contribution >= 4 is 45.6 Å². The van der Waals surface area contributed by atoms with Gasteiger partial charge in [-0.1, -0.05) is 24.3 Å². The maximum absolute atomic E-state index is 12.8. The number of nitrogens with zero attached hydrogens (tertiary/aromatic N) is 3. The number of carbonyl (C=O) groups excluding carboxylic acids is 1. The van der Waals surface area contributed by atoms with Crippen LogP contribution >= 0.6 is 22.6 Å². The summed E-state index contributed by atoms with van der Waals surface area (Å²) in [6.45, 7) is 0. The molecule has 0 radical (unpaired) electrons. The maximum Gasteiger partial charge on any atom is 0.230 e. The van der Waals surface area contributed by atoms with Crippen LogP contribution in [0.25, 0.3) is 16.8 Å². The van der Waals surface area contributed by atoms with E-state index in [1.165, 1.54) is 0 Å². The Morgan fingerprint density at radius 1 is 1.06 bits per heavy atom. The highest BCUT2D eigenvalue weighted by molar-refractivity contribution is 14.1. The molecular formula is C25H19IN4O2. The molecule has 0 aliphatic carbocycles. The van der Waals surface area contributed by atoms with Crippen LogP contribution in [-0.4, -0.2) is 28.3 Å². The number of aliphatic imine (C=N–C) groups is 1. The van der Waals surface area contributed by atoms with Crippen molar-refractivity contribution in [3.05, 3.63) is 88.5 Å². The quantitative estimate of drug-likeness (QED) is 0.346. The second kappa shape index (κ2) is 8.58. The summed E-state index contributed by atoms with van der Waals surface area (Å²) >= 11 is 2.28. The number of imidazole rings is 1. The molecule has 7 heteroatoms. The van der Waals surface area contributed by atoms with E-state index in [0.29, 0.717) is 22.8 Å². The van der Waals surface area contributed by atoms with Crippen LogP contribution < -0.4 is 10.1 Å². The number of anilines is 1. The molecule has 2 heterocycles. The van der Waals surface area contributed by atoms with Crippen LogP contribution in [0.1, 0.15) is 12.0 Å². The average molecular weight is 534 g/mol. The van der Waals surface area contributed by atoms with Crippen molar-refractivity contribution in [2.45, 2.75) is 6.42 Å². The summed E-state index contributed by atoms with van der Waals surface area (Å²) in [6, 6.07) is 19.9. The summed E-state index contributed by atoms with van der Waals surface area (Å²) in [4.78, 5) is 21.7. The summed E-state index contributed by atoms with van der Waals surface area (Å²) in [5.74, 6) is 0.602. The predicted molar refractivity (Wildman–Crippen MR) is 134 cm³/mol. The van der Waals surface area contributed by atoms with Crippen LogP contribution in [0.4, 0.5) is 11.4 Å². The zero-order valence-electron chi connectivity index (χ0n) is 17.2. The summed E-state index contributed by atoms with van der Waals surface area (Å²) in [5, 5.41) is 3.01. The molecule has 0 saturated heterocycles. The average Bonchev–Trinajstić information content (AvgIpc) is 3.29. The summed E-state index contributed by atoms with van der Waals surface area (Å²) < 4.78 is 8.75. The Morgan fingerprint density at radius 2 is 1.91 bits per heavy atom. The molecule has 5 rings (SSSR count). The zero-order valence-corrected chi connectivity index (χ0v) is 19.4. The molecule has 0 spiro atoms. The molecule has 32 heavy (non-hydrogen) atoms. The Labute approximate surface area is 199 Å². The van der Waals surface area contributed by atoms with E-state index in [0.717, 1.165) is 25.9 Å². The van der Waals surface area contributed by atoms with Crippen molar-refractivity contribution in [2.24, 2.45) is 4.99 Å². The van der Waals surface area contributed by atoms with E-state index in [2.05, 4.69) is 32.9 Å². The van der Waals surface area contributed by atoms with E-state index in [1.54, 1.807) is 19.6 Å². The highest BCUT2D eigenvalue weighted by Crippen LogP contribution is 2.40. The summed E-state index contributed by atoms with van der Waals surface area (Å²) in [5.41, 5.74) is 5.81. The summed E-state index contributed by atoms with van der Waals surface area (Å²) in [7, 11) is 1.65. The fourth-order valence-electron chi connectivity index (χ4n) is 3.74. The van der Waals surface area contributed by atoms with Crippen LogP contribution in [0, 0.1) is 3.57 Å². The van der Waals surface area contributed by atoms with Gasteiger partial charge in [0.2, 0.25) is 5.91 Å². The van der Waals surface area contributed by atoms with Gasteiger partial charge in [0, 0.05) is 33.3 Å². The van der Waals surface area contributed by atoms with E-state index >= 15 is 0 Å². The Hall–Kier alpha value is -3.46. The van der Waals surface area contributed by atoms with Crippen LogP contribution in [0.2, 0.25) is 0 Å². The van der Waals surface area contributed by atoms with Gasteiger partial charge < -0.3 is 14.6 Å². The van der Waals surface area contributed by atoms with Gasteiger partial charge in [0.15, 0.2) is 0 Å². The number of carbonyl (C=O) groups is 1. The van der Waals surface area contributed by atoms with Crippen molar-refractivity contribution < 1.29 is 9.53 Å². The fraction of sp³-hybridized carbons (Fsp3) is 0.0800. The van der Waals surface area contributed by atoms with Crippen LogP contribution in [0.3, 0.4) is 0 Å². The molecule has 1 aromatic heterocycles. The lowest BCUT2D eigenvalue weighted by molar-refractivity contribution is -0.115. The minimum absolute atomic E-state index is 0.103. The van der Waals surface area contributed by atoms with E-state index in [9.17, 15) is 4.79 Å². The minimum Gasteiger partial charge on any atom is -0.496 e. The molecule has 0 unspecified atom stereocenters. The number of hydrogen-bond acceptors (Lipinski definition) is 4. The number of aromatic nitrogens is 2. The summed E-state index contributed by atoms with van der Waals surface area (Å²) in [6.07, 6.45) is 5.54. The Balaban J connectivity index is 1.60. The number of halogens is 1. The molecule has 6 nitrogen and oxygen atoms in total. The van der Waals surface area contributed by atoms with Crippen molar-refractivity contribution in [1.82, 2.24) is 9.55 Å². The monoisotopic (exact) mass is 534 g/mol. The van der Waals surface area contributed by atoms with Gasteiger partial charge in [-0.3, -0.25) is 4.79 Å². The molecule has 0 fully saturated rings. The Kier molecular flexibility index (Phi) is 5.48. The molecule has 1 aliphatic rings.